The van der Waals surface area contributed by atoms with Crippen molar-refractivity contribution in [2.45, 2.75) is 13.5 Å². The first-order valence-corrected chi connectivity index (χ1v) is 7.63. The summed E-state index contributed by atoms with van der Waals surface area (Å²) in [6.45, 7) is 2.77. The molecule has 0 spiro atoms. The monoisotopic (exact) mass is 308 g/mol. The molecule has 0 radical (unpaired) electrons. The maximum atomic E-state index is 12.6. The Kier molecular flexibility index (Phi) is 4.02. The molecule has 0 atom stereocenters. The fraction of sp³-hybridized carbons (Fsp3) is 0.222. The molecule has 0 unspecified atom stereocenters. The van der Waals surface area contributed by atoms with Crippen LogP contribution in [0.2, 0.25) is 0 Å². The lowest BCUT2D eigenvalue weighted by Crippen LogP contribution is -2.17. The van der Waals surface area contributed by atoms with E-state index in [1.165, 1.54) is 0 Å². The zero-order valence-electron chi connectivity index (χ0n) is 13.6. The van der Waals surface area contributed by atoms with Crippen molar-refractivity contribution in [2.75, 3.05) is 24.3 Å². The molecule has 1 N–H and O–H groups in total. The third-order valence-corrected chi connectivity index (χ3v) is 3.87. The van der Waals surface area contributed by atoms with Crippen molar-refractivity contribution in [3.8, 4) is 0 Å². The first kappa shape index (κ1) is 15.1. The van der Waals surface area contributed by atoms with E-state index < -0.39 is 0 Å². The SMILES string of the molecule is CCn1c(C(=O)Nc2ccc(N(C)C)cn2)cc2ccccc21. The molecule has 2 aromatic heterocycles. The van der Waals surface area contributed by atoms with Crippen molar-refractivity contribution in [3.63, 3.8) is 0 Å². The molecule has 3 aromatic rings. The van der Waals surface area contributed by atoms with E-state index in [4.69, 9.17) is 0 Å². The van der Waals surface area contributed by atoms with Gasteiger partial charge in [0.25, 0.3) is 5.91 Å². The van der Waals surface area contributed by atoms with Gasteiger partial charge in [-0.05, 0) is 31.2 Å². The lowest BCUT2D eigenvalue weighted by atomic mass is 10.2. The summed E-state index contributed by atoms with van der Waals surface area (Å²) >= 11 is 0. The average Bonchev–Trinajstić information content (AvgIpc) is 2.94. The number of benzene rings is 1. The Morgan fingerprint density at radius 3 is 2.65 bits per heavy atom. The number of aryl methyl sites for hydroxylation is 1. The standard InChI is InChI=1S/C18H20N4O/c1-4-22-15-8-6-5-7-13(15)11-16(22)18(23)20-17-10-9-14(12-19-17)21(2)3/h5-12H,4H2,1-3H3,(H,19,20,23). The molecule has 5 heteroatoms. The van der Waals surface area contributed by atoms with Crippen molar-refractivity contribution >= 4 is 28.3 Å². The van der Waals surface area contributed by atoms with Gasteiger partial charge in [0.15, 0.2) is 0 Å². The second kappa shape index (κ2) is 6.12. The smallest absolute Gasteiger partial charge is 0.273 e. The van der Waals surface area contributed by atoms with Gasteiger partial charge in [-0.25, -0.2) is 4.98 Å². The molecule has 1 aromatic carbocycles. The highest BCUT2D eigenvalue weighted by atomic mass is 16.2. The van der Waals surface area contributed by atoms with Crippen LogP contribution >= 0.6 is 0 Å². The van der Waals surface area contributed by atoms with Gasteiger partial charge in [-0.1, -0.05) is 18.2 Å². The minimum atomic E-state index is -0.145. The fourth-order valence-corrected chi connectivity index (χ4v) is 2.64. The Balaban J connectivity index is 1.88. The van der Waals surface area contributed by atoms with Crippen molar-refractivity contribution in [2.24, 2.45) is 0 Å². The minimum Gasteiger partial charge on any atom is -0.376 e. The quantitative estimate of drug-likeness (QED) is 0.804. The highest BCUT2D eigenvalue weighted by molar-refractivity contribution is 6.06. The maximum absolute atomic E-state index is 12.6. The normalized spacial score (nSPS) is 10.7. The van der Waals surface area contributed by atoms with Gasteiger partial charge < -0.3 is 14.8 Å². The molecule has 1 amide bonds. The number of aromatic nitrogens is 2. The van der Waals surface area contributed by atoms with Crippen LogP contribution in [0.4, 0.5) is 11.5 Å². The predicted molar refractivity (Wildman–Crippen MR) is 94.1 cm³/mol. The zero-order chi connectivity index (χ0) is 16.4. The van der Waals surface area contributed by atoms with E-state index in [9.17, 15) is 4.79 Å². The number of amides is 1. The van der Waals surface area contributed by atoms with Crippen LogP contribution in [0, 0.1) is 0 Å². The average molecular weight is 308 g/mol. The van der Waals surface area contributed by atoms with Crippen LogP contribution in [0.25, 0.3) is 10.9 Å². The second-order valence-electron chi connectivity index (χ2n) is 5.58. The highest BCUT2D eigenvalue weighted by Crippen LogP contribution is 2.21. The van der Waals surface area contributed by atoms with Crippen molar-refractivity contribution in [1.82, 2.24) is 9.55 Å². The topological polar surface area (TPSA) is 50.2 Å². The first-order chi connectivity index (χ1) is 11.1. The lowest BCUT2D eigenvalue weighted by Gasteiger charge is -2.12. The van der Waals surface area contributed by atoms with Crippen LogP contribution in [-0.2, 0) is 6.54 Å². The van der Waals surface area contributed by atoms with Crippen LogP contribution in [0.5, 0.6) is 0 Å². The Labute approximate surface area is 135 Å². The molecule has 0 aliphatic heterocycles. The third-order valence-electron chi connectivity index (χ3n) is 3.87. The zero-order valence-corrected chi connectivity index (χ0v) is 13.6. The Bertz CT molecular complexity index is 834. The largest absolute Gasteiger partial charge is 0.376 e. The van der Waals surface area contributed by atoms with E-state index in [1.807, 2.05) is 73.0 Å². The molecule has 3 rings (SSSR count). The molecule has 0 aliphatic rings. The summed E-state index contributed by atoms with van der Waals surface area (Å²) in [5.41, 5.74) is 2.70. The number of carbonyl (C=O) groups excluding carboxylic acids is 1. The molecule has 0 fully saturated rings. The minimum absolute atomic E-state index is 0.145. The van der Waals surface area contributed by atoms with Gasteiger partial charge in [-0.2, -0.15) is 0 Å². The van der Waals surface area contributed by atoms with Gasteiger partial charge in [-0.15, -0.1) is 0 Å². The van der Waals surface area contributed by atoms with Gasteiger partial charge in [0.05, 0.1) is 11.9 Å². The highest BCUT2D eigenvalue weighted by Gasteiger charge is 2.15. The molecule has 118 valence electrons. The maximum Gasteiger partial charge on any atom is 0.273 e. The van der Waals surface area contributed by atoms with Crippen LogP contribution in [0.15, 0.2) is 48.7 Å². The van der Waals surface area contributed by atoms with Gasteiger partial charge in [0, 0.05) is 31.5 Å². The first-order valence-electron chi connectivity index (χ1n) is 7.63. The number of nitrogens with one attached hydrogen (secondary N) is 1. The summed E-state index contributed by atoms with van der Waals surface area (Å²) in [6.07, 6.45) is 1.74. The van der Waals surface area contributed by atoms with E-state index in [1.54, 1.807) is 6.20 Å². The van der Waals surface area contributed by atoms with Gasteiger partial charge in [0.1, 0.15) is 11.5 Å². The summed E-state index contributed by atoms with van der Waals surface area (Å²) in [5.74, 6) is 0.404. The fourth-order valence-electron chi connectivity index (χ4n) is 2.64. The summed E-state index contributed by atoms with van der Waals surface area (Å²) in [5, 5.41) is 3.94. The van der Waals surface area contributed by atoms with Crippen LogP contribution in [0.3, 0.4) is 0 Å². The number of fused-ring (bicyclic) bond motifs is 1. The molecule has 5 nitrogen and oxygen atoms in total. The number of nitrogens with zero attached hydrogens (tertiary/aromatic N) is 3. The number of carbonyl (C=O) groups is 1. The van der Waals surface area contributed by atoms with E-state index in [-0.39, 0.29) is 5.91 Å². The second-order valence-corrected chi connectivity index (χ2v) is 5.58. The number of hydrogen-bond acceptors (Lipinski definition) is 3. The molecular weight excluding hydrogens is 288 g/mol. The van der Waals surface area contributed by atoms with E-state index in [0.29, 0.717) is 11.5 Å². The molecule has 0 bridgehead atoms. The van der Waals surface area contributed by atoms with Gasteiger partial charge >= 0.3 is 0 Å². The van der Waals surface area contributed by atoms with Crippen LogP contribution < -0.4 is 10.2 Å². The van der Waals surface area contributed by atoms with Crippen molar-refractivity contribution in [1.29, 1.82) is 0 Å². The number of anilines is 2. The Morgan fingerprint density at radius 2 is 2.00 bits per heavy atom. The number of pyridine rings is 1. The summed E-state index contributed by atoms with van der Waals surface area (Å²) in [6, 6.07) is 13.7. The predicted octanol–water partition coefficient (Wildman–Crippen LogP) is 3.37. The summed E-state index contributed by atoms with van der Waals surface area (Å²) < 4.78 is 2.01. The molecule has 0 saturated heterocycles. The summed E-state index contributed by atoms with van der Waals surface area (Å²) in [7, 11) is 3.91. The van der Waals surface area contributed by atoms with Crippen molar-refractivity contribution in [3.05, 3.63) is 54.4 Å². The Morgan fingerprint density at radius 1 is 1.22 bits per heavy atom. The molecule has 2 heterocycles. The number of hydrogen-bond donors (Lipinski definition) is 1. The summed E-state index contributed by atoms with van der Waals surface area (Å²) in [4.78, 5) is 18.9. The third kappa shape index (κ3) is 2.90. The molecule has 0 aliphatic carbocycles. The molecule has 23 heavy (non-hydrogen) atoms. The van der Waals surface area contributed by atoms with Gasteiger partial charge in [0.2, 0.25) is 0 Å². The number of rotatable bonds is 4. The molecule has 0 saturated carbocycles. The van der Waals surface area contributed by atoms with Crippen LogP contribution in [0.1, 0.15) is 17.4 Å². The lowest BCUT2D eigenvalue weighted by molar-refractivity contribution is 0.101. The Hall–Kier alpha value is -2.82. The van der Waals surface area contributed by atoms with E-state index in [0.717, 1.165) is 23.1 Å². The number of para-hydroxylation sites is 1. The molecular formula is C18H20N4O. The van der Waals surface area contributed by atoms with Crippen molar-refractivity contribution < 1.29 is 4.79 Å². The van der Waals surface area contributed by atoms with Crippen LogP contribution in [-0.4, -0.2) is 29.6 Å². The van der Waals surface area contributed by atoms with E-state index >= 15 is 0 Å². The van der Waals surface area contributed by atoms with E-state index in [2.05, 4.69) is 10.3 Å². The van der Waals surface area contributed by atoms with Gasteiger partial charge in [-0.3, -0.25) is 4.79 Å².